The molecule has 1 rings (SSSR count). The summed E-state index contributed by atoms with van der Waals surface area (Å²) in [5.74, 6) is -2.13. The van der Waals surface area contributed by atoms with Crippen LogP contribution in [-0.2, 0) is 42.9 Å². The molecular formula is C26H44O9. The number of ether oxygens (including phenoxy) is 5. The van der Waals surface area contributed by atoms with Crippen LogP contribution in [0, 0.1) is 21.7 Å². The first kappa shape index (κ1) is 30.9. The Bertz CT molecular complexity index is 788. The molecule has 0 bridgehead atoms. The number of esters is 4. The fourth-order valence-corrected chi connectivity index (χ4v) is 2.65. The molecule has 0 saturated carbocycles. The first-order valence-electron chi connectivity index (χ1n) is 12.0. The van der Waals surface area contributed by atoms with Gasteiger partial charge < -0.3 is 23.7 Å². The molecule has 1 saturated heterocycles. The van der Waals surface area contributed by atoms with Gasteiger partial charge in [0.25, 0.3) is 0 Å². The molecular weight excluding hydrogens is 456 g/mol. The fraction of sp³-hybridized carbons (Fsp3) is 0.846. The molecule has 202 valence electrons. The van der Waals surface area contributed by atoms with E-state index in [1.165, 1.54) is 0 Å². The third-order valence-corrected chi connectivity index (χ3v) is 5.10. The van der Waals surface area contributed by atoms with Crippen LogP contribution in [0.3, 0.4) is 0 Å². The zero-order valence-corrected chi connectivity index (χ0v) is 23.4. The molecule has 0 aromatic rings. The maximum Gasteiger partial charge on any atom is 0.311 e. The van der Waals surface area contributed by atoms with Gasteiger partial charge in [-0.3, -0.25) is 19.2 Å². The normalized spacial score (nSPS) is 23.8. The second-order valence-electron chi connectivity index (χ2n) is 13.2. The molecule has 0 N–H and O–H groups in total. The Morgan fingerprint density at radius 2 is 0.971 bits per heavy atom. The van der Waals surface area contributed by atoms with E-state index in [4.69, 9.17) is 23.7 Å². The van der Waals surface area contributed by atoms with Crippen molar-refractivity contribution in [1.29, 1.82) is 0 Å². The molecule has 1 aliphatic rings. The van der Waals surface area contributed by atoms with Gasteiger partial charge >= 0.3 is 23.9 Å². The van der Waals surface area contributed by atoms with Crippen molar-refractivity contribution in [2.24, 2.45) is 21.7 Å². The zero-order chi connectivity index (χ0) is 27.6. The zero-order valence-electron chi connectivity index (χ0n) is 23.4. The molecule has 9 nitrogen and oxygen atoms in total. The van der Waals surface area contributed by atoms with Crippen LogP contribution in [0.1, 0.15) is 83.1 Å². The summed E-state index contributed by atoms with van der Waals surface area (Å²) in [5, 5.41) is 0. The summed E-state index contributed by atoms with van der Waals surface area (Å²) in [7, 11) is 0. The van der Waals surface area contributed by atoms with Crippen molar-refractivity contribution in [2.45, 2.75) is 108 Å². The number of carbonyl (C=O) groups excluding carboxylic acids is 4. The molecule has 0 unspecified atom stereocenters. The molecule has 1 fully saturated rings. The minimum Gasteiger partial charge on any atom is -0.462 e. The topological polar surface area (TPSA) is 114 Å². The molecule has 9 heteroatoms. The first-order chi connectivity index (χ1) is 15.5. The predicted octanol–water partition coefficient (Wildman–Crippen LogP) is 3.85. The fourth-order valence-electron chi connectivity index (χ4n) is 2.65. The van der Waals surface area contributed by atoms with E-state index < -0.39 is 70.0 Å². The Morgan fingerprint density at radius 1 is 0.600 bits per heavy atom. The minimum atomic E-state index is -1.17. The molecule has 0 spiro atoms. The third-order valence-electron chi connectivity index (χ3n) is 5.10. The average Bonchev–Trinajstić information content (AvgIpc) is 2.65. The summed E-state index contributed by atoms with van der Waals surface area (Å²) in [5.41, 5.74) is -3.33. The number of rotatable bonds is 5. The standard InChI is InChI=1S/C26H44O9/c1-23(2,3)19(27)32-13-15-17(34-21(29)25(7,8)9)18(35-22(30)26(10,11)12)16(14-31-15)33-20(28)24(4,5)6/h15-18H,13-14H2,1-12H3/t15-,16-,17-,18-/m1/s1. The lowest BCUT2D eigenvalue weighted by Crippen LogP contribution is -2.60. The van der Waals surface area contributed by atoms with Gasteiger partial charge in [0.15, 0.2) is 18.3 Å². The van der Waals surface area contributed by atoms with Crippen LogP contribution in [0.5, 0.6) is 0 Å². The smallest absolute Gasteiger partial charge is 0.311 e. The number of hydrogen-bond acceptors (Lipinski definition) is 9. The van der Waals surface area contributed by atoms with Crippen LogP contribution < -0.4 is 0 Å². The van der Waals surface area contributed by atoms with Gasteiger partial charge in [-0.05, 0) is 83.1 Å². The summed E-state index contributed by atoms with van der Waals surface area (Å²) >= 11 is 0. The Balaban J connectivity index is 3.38. The highest BCUT2D eigenvalue weighted by molar-refractivity contribution is 5.78. The summed E-state index contributed by atoms with van der Waals surface area (Å²) in [6.07, 6.45) is -4.30. The third kappa shape index (κ3) is 9.09. The van der Waals surface area contributed by atoms with Gasteiger partial charge in [-0.15, -0.1) is 0 Å². The largest absolute Gasteiger partial charge is 0.462 e. The lowest BCUT2D eigenvalue weighted by molar-refractivity contribution is -0.240. The van der Waals surface area contributed by atoms with E-state index >= 15 is 0 Å². The van der Waals surface area contributed by atoms with Crippen LogP contribution in [-0.4, -0.2) is 61.5 Å². The van der Waals surface area contributed by atoms with Gasteiger partial charge in [0.2, 0.25) is 0 Å². The van der Waals surface area contributed by atoms with Crippen molar-refractivity contribution in [3.8, 4) is 0 Å². The average molecular weight is 501 g/mol. The second kappa shape index (κ2) is 10.8. The Kier molecular flexibility index (Phi) is 9.57. The van der Waals surface area contributed by atoms with Gasteiger partial charge in [-0.1, -0.05) is 0 Å². The molecule has 1 aliphatic heterocycles. The lowest BCUT2D eigenvalue weighted by atomic mass is 9.93. The highest BCUT2D eigenvalue weighted by atomic mass is 16.7. The van der Waals surface area contributed by atoms with Crippen molar-refractivity contribution in [3.63, 3.8) is 0 Å². The Morgan fingerprint density at radius 3 is 1.37 bits per heavy atom. The Hall–Kier alpha value is -2.16. The number of carbonyl (C=O) groups is 4. The monoisotopic (exact) mass is 500 g/mol. The maximum absolute atomic E-state index is 12.9. The van der Waals surface area contributed by atoms with Gasteiger partial charge in [-0.2, -0.15) is 0 Å². The van der Waals surface area contributed by atoms with Gasteiger partial charge in [0.05, 0.1) is 28.3 Å². The van der Waals surface area contributed by atoms with Crippen LogP contribution >= 0.6 is 0 Å². The first-order valence-corrected chi connectivity index (χ1v) is 12.0. The van der Waals surface area contributed by atoms with Crippen molar-refractivity contribution < 1.29 is 42.9 Å². The molecule has 35 heavy (non-hydrogen) atoms. The Labute approximate surface area is 209 Å². The van der Waals surface area contributed by atoms with Gasteiger partial charge in [0.1, 0.15) is 12.7 Å². The summed E-state index contributed by atoms with van der Waals surface area (Å²) in [6, 6.07) is 0. The van der Waals surface area contributed by atoms with Crippen molar-refractivity contribution in [1.82, 2.24) is 0 Å². The van der Waals surface area contributed by atoms with Crippen molar-refractivity contribution in [3.05, 3.63) is 0 Å². The molecule has 0 amide bonds. The highest BCUT2D eigenvalue weighted by Gasteiger charge is 2.50. The number of hydrogen-bond donors (Lipinski definition) is 0. The van der Waals surface area contributed by atoms with E-state index in [0.29, 0.717) is 0 Å². The van der Waals surface area contributed by atoms with E-state index in [2.05, 4.69) is 0 Å². The van der Waals surface area contributed by atoms with Gasteiger partial charge in [0, 0.05) is 0 Å². The van der Waals surface area contributed by atoms with E-state index in [1.54, 1.807) is 83.1 Å². The minimum absolute atomic E-state index is 0.134. The van der Waals surface area contributed by atoms with E-state index in [1.807, 2.05) is 0 Å². The van der Waals surface area contributed by atoms with E-state index in [-0.39, 0.29) is 13.2 Å². The van der Waals surface area contributed by atoms with Crippen molar-refractivity contribution in [2.75, 3.05) is 13.2 Å². The quantitative estimate of drug-likeness (QED) is 0.410. The maximum atomic E-state index is 12.9. The predicted molar refractivity (Wildman–Crippen MR) is 128 cm³/mol. The molecule has 0 radical (unpaired) electrons. The lowest BCUT2D eigenvalue weighted by Gasteiger charge is -2.42. The second-order valence-corrected chi connectivity index (χ2v) is 13.2. The van der Waals surface area contributed by atoms with Crippen LogP contribution in [0.15, 0.2) is 0 Å². The van der Waals surface area contributed by atoms with Crippen molar-refractivity contribution >= 4 is 23.9 Å². The molecule has 0 aromatic carbocycles. The molecule has 0 aromatic heterocycles. The molecule has 4 atom stereocenters. The SMILES string of the molecule is CC(C)(C)C(=O)OC[C@H]1OC[C@@H](OC(=O)C(C)(C)C)[C@@H](OC(=O)C(C)(C)C)[C@@H]1OC(=O)C(C)(C)C. The van der Waals surface area contributed by atoms with Gasteiger partial charge in [-0.25, -0.2) is 0 Å². The summed E-state index contributed by atoms with van der Waals surface area (Å²) < 4.78 is 28.6. The van der Waals surface area contributed by atoms with E-state index in [0.717, 1.165) is 0 Å². The summed E-state index contributed by atoms with van der Waals surface area (Å²) in [4.78, 5) is 50.7. The van der Waals surface area contributed by atoms with Crippen LogP contribution in [0.25, 0.3) is 0 Å². The highest BCUT2D eigenvalue weighted by Crippen LogP contribution is 2.31. The molecule has 1 heterocycles. The van der Waals surface area contributed by atoms with Crippen LogP contribution in [0.4, 0.5) is 0 Å². The van der Waals surface area contributed by atoms with Crippen LogP contribution in [0.2, 0.25) is 0 Å². The molecule has 0 aliphatic carbocycles. The van der Waals surface area contributed by atoms with E-state index in [9.17, 15) is 19.2 Å². The summed E-state index contributed by atoms with van der Waals surface area (Å²) in [6.45, 7) is 20.0.